The van der Waals surface area contributed by atoms with Crippen LogP contribution >= 0.6 is 0 Å². The van der Waals surface area contributed by atoms with Gasteiger partial charge in [-0.05, 0) is 61.4 Å². The Morgan fingerprint density at radius 1 is 0.800 bits per heavy atom. The number of carbonyl (C=O) groups is 2. The second kappa shape index (κ2) is 10.4. The molecule has 1 heterocycles. The molecule has 9 heteroatoms. The number of hydrogen-bond acceptors (Lipinski definition) is 5. The first-order valence-electron chi connectivity index (χ1n) is 11.2. The number of sulfonamides is 1. The minimum atomic E-state index is -3.71. The molecule has 0 unspecified atom stereocenters. The first-order chi connectivity index (χ1) is 16.8. The van der Waals surface area contributed by atoms with Gasteiger partial charge in [0.25, 0.3) is 11.8 Å². The molecule has 0 spiro atoms. The first kappa shape index (κ1) is 24.6. The molecule has 8 nitrogen and oxygen atoms in total. The van der Waals surface area contributed by atoms with Crippen molar-refractivity contribution in [2.24, 2.45) is 0 Å². The van der Waals surface area contributed by atoms with Crippen molar-refractivity contribution < 1.29 is 22.7 Å². The zero-order valence-corrected chi connectivity index (χ0v) is 20.4. The molecule has 0 radical (unpaired) electrons. The highest BCUT2D eigenvalue weighted by atomic mass is 32.2. The second-order valence-electron chi connectivity index (χ2n) is 8.30. The molecule has 2 amide bonds. The predicted octanol–water partition coefficient (Wildman–Crippen LogP) is 3.83. The lowest BCUT2D eigenvalue weighted by Gasteiger charge is -2.26. The lowest BCUT2D eigenvalue weighted by Crippen LogP contribution is -2.40. The van der Waals surface area contributed by atoms with Crippen LogP contribution in [0.25, 0.3) is 0 Å². The fourth-order valence-electron chi connectivity index (χ4n) is 3.77. The smallest absolute Gasteiger partial charge is 0.255 e. The van der Waals surface area contributed by atoms with Crippen LogP contribution in [-0.2, 0) is 14.8 Å². The maximum atomic E-state index is 13.1. The largest absolute Gasteiger partial charge is 0.379 e. The van der Waals surface area contributed by atoms with E-state index in [1.165, 1.54) is 10.4 Å². The van der Waals surface area contributed by atoms with Gasteiger partial charge in [0.1, 0.15) is 0 Å². The number of aryl methyl sites for hydroxylation is 2. The highest BCUT2D eigenvalue weighted by molar-refractivity contribution is 7.89. The summed E-state index contributed by atoms with van der Waals surface area (Å²) in [6, 6.07) is 18.6. The Labute approximate surface area is 205 Å². The third-order valence-electron chi connectivity index (χ3n) is 5.82. The summed E-state index contributed by atoms with van der Waals surface area (Å²) < 4.78 is 32.9. The molecule has 2 N–H and O–H groups in total. The average molecular weight is 494 g/mol. The van der Waals surface area contributed by atoms with E-state index in [0.29, 0.717) is 54.4 Å². The van der Waals surface area contributed by atoms with Crippen molar-refractivity contribution in [1.82, 2.24) is 4.31 Å². The van der Waals surface area contributed by atoms with Crippen LogP contribution in [0.3, 0.4) is 0 Å². The van der Waals surface area contributed by atoms with Gasteiger partial charge >= 0.3 is 0 Å². The van der Waals surface area contributed by atoms with E-state index in [1.807, 2.05) is 13.0 Å². The molecule has 4 rings (SSSR count). The number of nitrogens with one attached hydrogen (secondary N) is 2. The second-order valence-corrected chi connectivity index (χ2v) is 10.2. The molecular weight excluding hydrogens is 466 g/mol. The molecule has 1 fully saturated rings. The van der Waals surface area contributed by atoms with Gasteiger partial charge in [-0.25, -0.2) is 8.42 Å². The molecule has 0 bridgehead atoms. The monoisotopic (exact) mass is 493 g/mol. The van der Waals surface area contributed by atoms with Gasteiger partial charge in [0.15, 0.2) is 0 Å². The minimum Gasteiger partial charge on any atom is -0.379 e. The molecule has 1 aliphatic rings. The Kier molecular flexibility index (Phi) is 7.30. The summed E-state index contributed by atoms with van der Waals surface area (Å²) in [7, 11) is -3.71. The van der Waals surface area contributed by atoms with Crippen LogP contribution in [0.1, 0.15) is 31.8 Å². The molecule has 0 saturated carbocycles. The average Bonchev–Trinajstić information content (AvgIpc) is 2.87. The molecule has 0 aliphatic carbocycles. The van der Waals surface area contributed by atoms with Gasteiger partial charge in [-0.1, -0.05) is 30.3 Å². The number of benzene rings is 3. The third-order valence-corrected chi connectivity index (χ3v) is 7.86. The number of rotatable bonds is 6. The Hall–Kier alpha value is -3.53. The fraction of sp³-hybridized carbons (Fsp3) is 0.231. The van der Waals surface area contributed by atoms with Crippen molar-refractivity contribution in [3.63, 3.8) is 0 Å². The maximum Gasteiger partial charge on any atom is 0.255 e. The lowest BCUT2D eigenvalue weighted by molar-refractivity contribution is 0.0730. The zero-order chi connectivity index (χ0) is 25.0. The third kappa shape index (κ3) is 5.59. The van der Waals surface area contributed by atoms with Crippen molar-refractivity contribution in [2.45, 2.75) is 18.7 Å². The Morgan fingerprint density at radius 2 is 1.46 bits per heavy atom. The molecule has 0 aromatic heterocycles. The number of morpholine rings is 1. The van der Waals surface area contributed by atoms with E-state index in [2.05, 4.69) is 10.6 Å². The molecule has 3 aromatic rings. The molecule has 1 aliphatic heterocycles. The predicted molar refractivity (Wildman–Crippen MR) is 134 cm³/mol. The van der Waals surface area contributed by atoms with Crippen molar-refractivity contribution in [3.05, 3.63) is 89.0 Å². The van der Waals surface area contributed by atoms with Crippen LogP contribution in [0.5, 0.6) is 0 Å². The topological polar surface area (TPSA) is 105 Å². The van der Waals surface area contributed by atoms with Crippen LogP contribution < -0.4 is 10.6 Å². The molecule has 3 aromatic carbocycles. The SMILES string of the molecule is Cc1ccc(C(=O)Nc2ccc(C)c(S(=O)(=O)N3CCOCC3)c2)cc1NC(=O)c1ccccc1. The summed E-state index contributed by atoms with van der Waals surface area (Å²) in [5.41, 5.74) is 3.12. The van der Waals surface area contributed by atoms with Gasteiger partial charge in [0.05, 0.1) is 18.1 Å². The van der Waals surface area contributed by atoms with Gasteiger partial charge in [-0.15, -0.1) is 0 Å². The maximum absolute atomic E-state index is 13.1. The van der Waals surface area contributed by atoms with Gasteiger partial charge in [-0.3, -0.25) is 9.59 Å². The summed E-state index contributed by atoms with van der Waals surface area (Å²) in [5.74, 6) is -0.693. The van der Waals surface area contributed by atoms with Crippen LogP contribution in [-0.4, -0.2) is 50.8 Å². The van der Waals surface area contributed by atoms with Crippen LogP contribution in [0.4, 0.5) is 11.4 Å². The molecular formula is C26H27N3O5S. The minimum absolute atomic E-state index is 0.150. The molecule has 1 saturated heterocycles. The normalized spacial score (nSPS) is 14.3. The van der Waals surface area contributed by atoms with E-state index in [4.69, 9.17) is 4.74 Å². The number of ether oxygens (including phenoxy) is 1. The zero-order valence-electron chi connectivity index (χ0n) is 19.6. The van der Waals surface area contributed by atoms with E-state index < -0.39 is 15.9 Å². The molecule has 0 atom stereocenters. The summed E-state index contributed by atoms with van der Waals surface area (Å²) >= 11 is 0. The summed E-state index contributed by atoms with van der Waals surface area (Å²) in [4.78, 5) is 25.7. The van der Waals surface area contributed by atoms with E-state index >= 15 is 0 Å². The first-order valence-corrected chi connectivity index (χ1v) is 12.7. The number of amides is 2. The lowest BCUT2D eigenvalue weighted by atomic mass is 10.1. The van der Waals surface area contributed by atoms with E-state index in [-0.39, 0.29) is 10.8 Å². The quantitative estimate of drug-likeness (QED) is 0.543. The summed E-state index contributed by atoms with van der Waals surface area (Å²) in [6.45, 7) is 4.85. The van der Waals surface area contributed by atoms with E-state index in [0.717, 1.165) is 5.56 Å². The standard InChI is InChI=1S/C26H27N3O5S/c1-18-8-10-21(16-23(18)28-25(30)20-6-4-3-5-7-20)26(31)27-22-11-9-19(2)24(17-22)35(32,33)29-12-14-34-15-13-29/h3-11,16-17H,12-15H2,1-2H3,(H,27,31)(H,28,30). The molecule has 35 heavy (non-hydrogen) atoms. The van der Waals surface area contributed by atoms with E-state index in [1.54, 1.807) is 61.5 Å². The Bertz CT molecular complexity index is 1350. The van der Waals surface area contributed by atoms with Crippen molar-refractivity contribution in [2.75, 3.05) is 36.9 Å². The number of anilines is 2. The van der Waals surface area contributed by atoms with Crippen LogP contribution in [0.2, 0.25) is 0 Å². The number of nitrogens with zero attached hydrogens (tertiary/aromatic N) is 1. The van der Waals surface area contributed by atoms with Crippen molar-refractivity contribution in [1.29, 1.82) is 0 Å². The highest BCUT2D eigenvalue weighted by Gasteiger charge is 2.28. The number of hydrogen-bond donors (Lipinski definition) is 2. The van der Waals surface area contributed by atoms with Crippen LogP contribution in [0.15, 0.2) is 71.6 Å². The Morgan fingerprint density at radius 3 is 2.17 bits per heavy atom. The van der Waals surface area contributed by atoms with Gasteiger partial charge in [0.2, 0.25) is 10.0 Å². The number of carbonyl (C=O) groups excluding carboxylic acids is 2. The van der Waals surface area contributed by atoms with Gasteiger partial charge in [0, 0.05) is 35.6 Å². The van der Waals surface area contributed by atoms with Gasteiger partial charge < -0.3 is 15.4 Å². The summed E-state index contributed by atoms with van der Waals surface area (Å²) in [5, 5.41) is 5.62. The Balaban J connectivity index is 1.53. The van der Waals surface area contributed by atoms with E-state index in [9.17, 15) is 18.0 Å². The fourth-order valence-corrected chi connectivity index (χ4v) is 5.43. The van der Waals surface area contributed by atoms with Gasteiger partial charge in [-0.2, -0.15) is 4.31 Å². The van der Waals surface area contributed by atoms with Crippen molar-refractivity contribution in [3.8, 4) is 0 Å². The highest BCUT2D eigenvalue weighted by Crippen LogP contribution is 2.25. The van der Waals surface area contributed by atoms with Crippen molar-refractivity contribution >= 4 is 33.2 Å². The molecule has 182 valence electrons. The summed E-state index contributed by atoms with van der Waals surface area (Å²) in [6.07, 6.45) is 0. The van der Waals surface area contributed by atoms with Crippen LogP contribution in [0, 0.1) is 13.8 Å².